The maximum Gasteiger partial charge on any atom is 0.265 e. The average molecular weight is 384 g/mol. The van der Waals surface area contributed by atoms with Crippen LogP contribution in [0.25, 0.3) is 10.9 Å². The summed E-state index contributed by atoms with van der Waals surface area (Å²) in [4.78, 5) is 2.77. The number of H-pyrrole nitrogens is 1. The van der Waals surface area contributed by atoms with Gasteiger partial charge in [0.2, 0.25) is 0 Å². The van der Waals surface area contributed by atoms with Crippen LogP contribution < -0.4 is 4.72 Å². The monoisotopic (exact) mass is 384 g/mol. The number of nitrogens with zero attached hydrogens (tertiary/aromatic N) is 2. The number of benzene rings is 1. The lowest BCUT2D eigenvalue weighted by molar-refractivity contribution is 0.0420. The van der Waals surface area contributed by atoms with Crippen molar-refractivity contribution in [3.05, 3.63) is 41.9 Å². The van der Waals surface area contributed by atoms with Gasteiger partial charge >= 0.3 is 0 Å². The molecule has 1 aromatic carbocycles. The molecule has 2 aromatic heterocycles. The van der Waals surface area contributed by atoms with E-state index < -0.39 is 29.1 Å². The van der Waals surface area contributed by atoms with Gasteiger partial charge in [0, 0.05) is 17.8 Å². The first-order valence-corrected chi connectivity index (χ1v) is 9.26. The first-order chi connectivity index (χ1) is 12.2. The van der Waals surface area contributed by atoms with Crippen LogP contribution in [0, 0.1) is 13.8 Å². The number of alkyl halides is 2. The van der Waals surface area contributed by atoms with E-state index in [2.05, 4.69) is 14.8 Å². The Bertz CT molecular complexity index is 1040. The SMILES string of the molecule is Cc1ccc(NS(=O)(=O)c2cnn([C@@H](CO)C(F)F)c2)c2[nH]cc(C)c12. The van der Waals surface area contributed by atoms with Crippen LogP contribution in [0.3, 0.4) is 0 Å². The molecule has 7 nitrogen and oxygen atoms in total. The summed E-state index contributed by atoms with van der Waals surface area (Å²) in [5.41, 5.74) is 2.96. The standard InChI is InChI=1S/C16H18F2N4O3S/c1-9-3-4-12(15-14(9)10(2)5-19-15)21-26(24,25)11-6-20-22(7-11)13(8-23)16(17)18/h3-7,13,16,19,21,23H,8H2,1-2H3/t13-/m0/s1. The number of hydrogen-bond acceptors (Lipinski definition) is 4. The summed E-state index contributed by atoms with van der Waals surface area (Å²) in [7, 11) is -4.03. The largest absolute Gasteiger partial charge is 0.394 e. The highest BCUT2D eigenvalue weighted by Crippen LogP contribution is 2.30. The second-order valence-corrected chi connectivity index (χ2v) is 7.68. The van der Waals surface area contributed by atoms with Crippen molar-refractivity contribution in [3.63, 3.8) is 0 Å². The summed E-state index contributed by atoms with van der Waals surface area (Å²) in [6.07, 6.45) is 0.851. The fourth-order valence-corrected chi connectivity index (χ4v) is 3.84. The number of fused-ring (bicyclic) bond motifs is 1. The number of sulfonamides is 1. The second-order valence-electron chi connectivity index (χ2n) is 6.00. The van der Waals surface area contributed by atoms with Crippen LogP contribution in [-0.2, 0) is 10.0 Å². The zero-order valence-corrected chi connectivity index (χ0v) is 14.9. The molecule has 26 heavy (non-hydrogen) atoms. The average Bonchev–Trinajstić information content (AvgIpc) is 3.19. The lowest BCUT2D eigenvalue weighted by Gasteiger charge is -2.13. The summed E-state index contributed by atoms with van der Waals surface area (Å²) in [6, 6.07) is 1.82. The topological polar surface area (TPSA) is 100 Å². The molecule has 0 saturated carbocycles. The van der Waals surface area contributed by atoms with Gasteiger partial charge in [-0.2, -0.15) is 5.10 Å². The number of aliphatic hydroxyl groups is 1. The molecule has 0 amide bonds. The number of rotatable bonds is 6. The molecule has 0 spiro atoms. The van der Waals surface area contributed by atoms with E-state index in [9.17, 15) is 17.2 Å². The normalized spacial score (nSPS) is 13.5. The lowest BCUT2D eigenvalue weighted by atomic mass is 10.1. The fourth-order valence-electron chi connectivity index (χ4n) is 2.83. The Hall–Kier alpha value is -2.46. The molecular formula is C16H18F2N4O3S. The molecule has 10 heteroatoms. The minimum atomic E-state index is -4.03. The number of aromatic nitrogens is 3. The molecule has 0 aliphatic heterocycles. The van der Waals surface area contributed by atoms with Gasteiger partial charge in [-0.15, -0.1) is 0 Å². The molecule has 0 saturated heterocycles. The van der Waals surface area contributed by atoms with Crippen molar-refractivity contribution in [1.29, 1.82) is 0 Å². The van der Waals surface area contributed by atoms with Gasteiger partial charge in [0.05, 0.1) is 24.0 Å². The Balaban J connectivity index is 1.96. The second kappa shape index (κ2) is 6.69. The van der Waals surface area contributed by atoms with Crippen LogP contribution >= 0.6 is 0 Å². The third-order valence-corrected chi connectivity index (χ3v) is 5.51. The van der Waals surface area contributed by atoms with E-state index >= 15 is 0 Å². The number of halogens is 2. The zero-order valence-electron chi connectivity index (χ0n) is 14.1. The highest BCUT2D eigenvalue weighted by Gasteiger charge is 2.25. The van der Waals surface area contributed by atoms with Crippen LogP contribution in [0.15, 0.2) is 35.6 Å². The van der Waals surface area contributed by atoms with Crippen molar-refractivity contribution >= 4 is 26.6 Å². The molecule has 0 radical (unpaired) electrons. The first-order valence-electron chi connectivity index (χ1n) is 7.78. The maximum absolute atomic E-state index is 12.9. The van der Waals surface area contributed by atoms with Gasteiger partial charge in [-0.1, -0.05) is 6.07 Å². The van der Waals surface area contributed by atoms with Gasteiger partial charge in [0.25, 0.3) is 16.4 Å². The molecule has 1 atom stereocenters. The predicted molar refractivity (Wildman–Crippen MR) is 92.9 cm³/mol. The molecule has 3 rings (SSSR count). The van der Waals surface area contributed by atoms with Crippen molar-refractivity contribution in [2.45, 2.75) is 31.2 Å². The van der Waals surface area contributed by atoms with Crippen molar-refractivity contribution in [2.24, 2.45) is 0 Å². The molecule has 140 valence electrons. The van der Waals surface area contributed by atoms with Gasteiger partial charge in [-0.25, -0.2) is 17.2 Å². The quantitative estimate of drug-likeness (QED) is 0.608. The molecular weight excluding hydrogens is 366 g/mol. The molecule has 3 N–H and O–H groups in total. The molecule has 2 heterocycles. The van der Waals surface area contributed by atoms with Crippen molar-refractivity contribution in [3.8, 4) is 0 Å². The third kappa shape index (κ3) is 3.17. The Kier molecular flexibility index (Phi) is 4.72. The van der Waals surface area contributed by atoms with Crippen molar-refractivity contribution in [2.75, 3.05) is 11.3 Å². The Morgan fingerprint density at radius 1 is 1.31 bits per heavy atom. The van der Waals surface area contributed by atoms with Gasteiger partial charge in [-0.05, 0) is 31.0 Å². The van der Waals surface area contributed by atoms with Gasteiger partial charge in [0.15, 0.2) is 0 Å². The summed E-state index contributed by atoms with van der Waals surface area (Å²) in [5, 5.41) is 13.6. The third-order valence-electron chi connectivity index (χ3n) is 4.19. The number of hydrogen-bond donors (Lipinski definition) is 3. The highest BCUT2D eigenvalue weighted by atomic mass is 32.2. The van der Waals surface area contributed by atoms with Crippen LogP contribution in [0.5, 0.6) is 0 Å². The van der Waals surface area contributed by atoms with E-state index in [-0.39, 0.29) is 4.90 Å². The number of aryl methyl sites for hydroxylation is 2. The number of aliphatic hydroxyl groups excluding tert-OH is 1. The summed E-state index contributed by atoms with van der Waals surface area (Å²) in [6.45, 7) is 2.98. The van der Waals surface area contributed by atoms with Crippen LogP contribution in [-0.4, -0.2) is 41.3 Å². The summed E-state index contributed by atoms with van der Waals surface area (Å²) < 4.78 is 54.1. The van der Waals surface area contributed by atoms with E-state index in [0.29, 0.717) is 11.2 Å². The Morgan fingerprint density at radius 3 is 2.69 bits per heavy atom. The van der Waals surface area contributed by atoms with E-state index in [1.807, 2.05) is 13.8 Å². The van der Waals surface area contributed by atoms with Crippen LogP contribution in [0.2, 0.25) is 0 Å². The molecule has 0 aliphatic carbocycles. The Labute approximate surface area is 148 Å². The highest BCUT2D eigenvalue weighted by molar-refractivity contribution is 7.92. The molecule has 0 bridgehead atoms. The van der Waals surface area contributed by atoms with Gasteiger partial charge < -0.3 is 10.1 Å². The first kappa shape index (κ1) is 18.3. The molecule has 0 fully saturated rings. The maximum atomic E-state index is 12.9. The van der Waals surface area contributed by atoms with E-state index in [1.165, 1.54) is 0 Å². The van der Waals surface area contributed by atoms with E-state index in [4.69, 9.17) is 5.11 Å². The number of anilines is 1. The molecule has 0 aliphatic rings. The van der Waals surface area contributed by atoms with Crippen molar-refractivity contribution < 1.29 is 22.3 Å². The Morgan fingerprint density at radius 2 is 2.04 bits per heavy atom. The summed E-state index contributed by atoms with van der Waals surface area (Å²) >= 11 is 0. The summed E-state index contributed by atoms with van der Waals surface area (Å²) in [5.74, 6) is 0. The minimum absolute atomic E-state index is 0.270. The van der Waals surface area contributed by atoms with E-state index in [1.54, 1.807) is 18.3 Å². The minimum Gasteiger partial charge on any atom is -0.394 e. The number of aromatic amines is 1. The smallest absolute Gasteiger partial charge is 0.265 e. The van der Waals surface area contributed by atoms with Crippen LogP contribution in [0.1, 0.15) is 17.2 Å². The van der Waals surface area contributed by atoms with E-state index in [0.717, 1.165) is 33.6 Å². The van der Waals surface area contributed by atoms with Crippen LogP contribution in [0.4, 0.5) is 14.5 Å². The van der Waals surface area contributed by atoms with Gasteiger partial charge in [0.1, 0.15) is 10.9 Å². The lowest BCUT2D eigenvalue weighted by Crippen LogP contribution is -2.21. The number of nitrogens with one attached hydrogen (secondary N) is 2. The fraction of sp³-hybridized carbons (Fsp3) is 0.312. The molecule has 0 unspecified atom stereocenters. The molecule has 3 aromatic rings. The zero-order chi connectivity index (χ0) is 19.1. The predicted octanol–water partition coefficient (Wildman–Crippen LogP) is 2.58. The van der Waals surface area contributed by atoms with Crippen molar-refractivity contribution in [1.82, 2.24) is 14.8 Å². The van der Waals surface area contributed by atoms with Gasteiger partial charge in [-0.3, -0.25) is 9.40 Å².